The lowest BCUT2D eigenvalue weighted by Crippen LogP contribution is -1.99. The lowest BCUT2D eigenvalue weighted by Gasteiger charge is -1.98. The quantitative estimate of drug-likeness (QED) is 0.739. The number of nitrogens with two attached hydrogens (primary N) is 1. The SMILES string of the molecule is CCn1nc(C)cc1-c1nc(-c2cccc(N)c2)no1. The number of aryl methyl sites for hydroxylation is 2. The third-order valence-corrected chi connectivity index (χ3v) is 2.99. The van der Waals surface area contributed by atoms with E-state index in [2.05, 4.69) is 15.2 Å². The minimum atomic E-state index is 0.463. The van der Waals surface area contributed by atoms with E-state index in [1.165, 1.54) is 0 Å². The standard InChI is InChI=1S/C14H15N5O/c1-3-19-12(7-9(2)17-19)14-16-13(18-20-14)10-5-4-6-11(15)8-10/h4-8H,3,15H2,1-2H3. The lowest BCUT2D eigenvalue weighted by atomic mass is 10.2. The number of benzene rings is 1. The summed E-state index contributed by atoms with van der Waals surface area (Å²) in [5, 5.41) is 8.38. The van der Waals surface area contributed by atoms with Gasteiger partial charge >= 0.3 is 0 Å². The molecule has 0 atom stereocenters. The molecule has 2 N–H and O–H groups in total. The highest BCUT2D eigenvalue weighted by atomic mass is 16.5. The Kier molecular flexibility index (Phi) is 2.98. The van der Waals surface area contributed by atoms with Crippen LogP contribution in [0.3, 0.4) is 0 Å². The Labute approximate surface area is 116 Å². The number of rotatable bonds is 3. The van der Waals surface area contributed by atoms with E-state index in [1.807, 2.05) is 48.9 Å². The molecule has 0 aliphatic rings. The van der Waals surface area contributed by atoms with Crippen molar-refractivity contribution < 1.29 is 4.52 Å². The van der Waals surface area contributed by atoms with E-state index >= 15 is 0 Å². The Bertz CT molecular complexity index is 744. The zero-order valence-electron chi connectivity index (χ0n) is 11.4. The van der Waals surface area contributed by atoms with Gasteiger partial charge in [0.2, 0.25) is 5.82 Å². The predicted molar refractivity (Wildman–Crippen MR) is 75.8 cm³/mol. The van der Waals surface area contributed by atoms with Crippen LogP contribution in [0.1, 0.15) is 12.6 Å². The van der Waals surface area contributed by atoms with E-state index in [4.69, 9.17) is 10.3 Å². The molecule has 2 heterocycles. The fourth-order valence-corrected chi connectivity index (χ4v) is 2.08. The normalized spacial score (nSPS) is 10.9. The molecular formula is C14H15N5O. The van der Waals surface area contributed by atoms with E-state index in [0.29, 0.717) is 17.4 Å². The lowest BCUT2D eigenvalue weighted by molar-refractivity contribution is 0.427. The molecule has 3 rings (SSSR count). The Hall–Kier alpha value is -2.63. The molecule has 0 spiro atoms. The molecule has 0 amide bonds. The fourth-order valence-electron chi connectivity index (χ4n) is 2.08. The predicted octanol–water partition coefficient (Wildman–Crippen LogP) is 2.51. The summed E-state index contributed by atoms with van der Waals surface area (Å²) in [5.74, 6) is 0.985. The van der Waals surface area contributed by atoms with Gasteiger partial charge < -0.3 is 10.3 Å². The fraction of sp³-hybridized carbons (Fsp3) is 0.214. The second kappa shape index (κ2) is 4.80. The maximum atomic E-state index is 5.76. The Morgan fingerprint density at radius 2 is 2.15 bits per heavy atom. The van der Waals surface area contributed by atoms with Crippen LogP contribution in [0.2, 0.25) is 0 Å². The van der Waals surface area contributed by atoms with Crippen LogP contribution >= 0.6 is 0 Å². The number of hydrogen-bond donors (Lipinski definition) is 1. The molecule has 3 aromatic rings. The molecule has 20 heavy (non-hydrogen) atoms. The van der Waals surface area contributed by atoms with Crippen LogP contribution < -0.4 is 5.73 Å². The average molecular weight is 269 g/mol. The van der Waals surface area contributed by atoms with Crippen LogP contribution in [0.15, 0.2) is 34.9 Å². The van der Waals surface area contributed by atoms with E-state index in [9.17, 15) is 0 Å². The maximum Gasteiger partial charge on any atom is 0.276 e. The Morgan fingerprint density at radius 1 is 1.30 bits per heavy atom. The molecule has 0 fully saturated rings. The van der Waals surface area contributed by atoms with Crippen molar-refractivity contribution >= 4 is 5.69 Å². The van der Waals surface area contributed by atoms with Gasteiger partial charge in [-0.05, 0) is 32.0 Å². The van der Waals surface area contributed by atoms with Crippen molar-refractivity contribution in [3.05, 3.63) is 36.0 Å². The smallest absolute Gasteiger partial charge is 0.276 e. The summed E-state index contributed by atoms with van der Waals surface area (Å²) in [6.07, 6.45) is 0. The summed E-state index contributed by atoms with van der Waals surface area (Å²) >= 11 is 0. The van der Waals surface area contributed by atoms with Crippen molar-refractivity contribution in [3.63, 3.8) is 0 Å². The first-order valence-electron chi connectivity index (χ1n) is 6.42. The highest BCUT2D eigenvalue weighted by Crippen LogP contribution is 2.23. The van der Waals surface area contributed by atoms with E-state index in [0.717, 1.165) is 23.5 Å². The van der Waals surface area contributed by atoms with E-state index < -0.39 is 0 Å². The number of nitrogens with zero attached hydrogens (tertiary/aromatic N) is 4. The summed E-state index contributed by atoms with van der Waals surface area (Å²) in [6.45, 7) is 4.70. The van der Waals surface area contributed by atoms with E-state index in [-0.39, 0.29) is 0 Å². The Morgan fingerprint density at radius 3 is 2.90 bits per heavy atom. The first-order chi connectivity index (χ1) is 9.67. The maximum absolute atomic E-state index is 5.76. The molecule has 0 unspecified atom stereocenters. The summed E-state index contributed by atoms with van der Waals surface area (Å²) < 4.78 is 7.18. The van der Waals surface area contributed by atoms with Gasteiger partial charge in [-0.2, -0.15) is 10.1 Å². The van der Waals surface area contributed by atoms with Crippen molar-refractivity contribution in [2.45, 2.75) is 20.4 Å². The summed E-state index contributed by atoms with van der Waals surface area (Å²) in [7, 11) is 0. The molecule has 0 aliphatic heterocycles. The third kappa shape index (κ3) is 2.16. The molecule has 6 nitrogen and oxygen atoms in total. The summed E-state index contributed by atoms with van der Waals surface area (Å²) in [6, 6.07) is 9.33. The summed E-state index contributed by atoms with van der Waals surface area (Å²) in [5.41, 5.74) is 9.01. The van der Waals surface area contributed by atoms with Gasteiger partial charge in [-0.1, -0.05) is 17.3 Å². The highest BCUT2D eigenvalue weighted by Gasteiger charge is 2.15. The zero-order valence-corrected chi connectivity index (χ0v) is 11.4. The van der Waals surface area contributed by atoms with Gasteiger partial charge in [-0.15, -0.1) is 0 Å². The molecular weight excluding hydrogens is 254 g/mol. The van der Waals surface area contributed by atoms with Crippen molar-refractivity contribution in [2.75, 3.05) is 5.73 Å². The van der Waals surface area contributed by atoms with Gasteiger partial charge in [-0.3, -0.25) is 4.68 Å². The van der Waals surface area contributed by atoms with Gasteiger partial charge in [0.1, 0.15) is 5.69 Å². The van der Waals surface area contributed by atoms with Crippen molar-refractivity contribution in [2.24, 2.45) is 0 Å². The molecule has 2 aromatic heterocycles. The molecule has 102 valence electrons. The molecule has 0 saturated carbocycles. The number of hydrogen-bond acceptors (Lipinski definition) is 5. The zero-order chi connectivity index (χ0) is 14.1. The molecule has 0 aliphatic carbocycles. The number of nitrogen functional groups attached to an aromatic ring is 1. The minimum absolute atomic E-state index is 0.463. The first-order valence-corrected chi connectivity index (χ1v) is 6.42. The van der Waals surface area contributed by atoms with Crippen LogP contribution in [-0.4, -0.2) is 19.9 Å². The molecule has 0 saturated heterocycles. The number of anilines is 1. The monoisotopic (exact) mass is 269 g/mol. The van der Waals surface area contributed by atoms with Crippen molar-refractivity contribution in [1.82, 2.24) is 19.9 Å². The average Bonchev–Trinajstić information content (AvgIpc) is 3.04. The van der Waals surface area contributed by atoms with Crippen LogP contribution in [0.4, 0.5) is 5.69 Å². The van der Waals surface area contributed by atoms with Crippen molar-refractivity contribution in [1.29, 1.82) is 0 Å². The second-order valence-electron chi connectivity index (χ2n) is 4.54. The van der Waals surface area contributed by atoms with Gasteiger partial charge in [0.05, 0.1) is 5.69 Å². The number of aromatic nitrogens is 4. The van der Waals surface area contributed by atoms with E-state index in [1.54, 1.807) is 0 Å². The van der Waals surface area contributed by atoms with Crippen LogP contribution in [0.5, 0.6) is 0 Å². The second-order valence-corrected chi connectivity index (χ2v) is 4.54. The highest BCUT2D eigenvalue weighted by molar-refractivity contribution is 5.62. The Balaban J connectivity index is 2.02. The molecule has 0 bridgehead atoms. The van der Waals surface area contributed by atoms with Gasteiger partial charge in [0.15, 0.2) is 0 Å². The topological polar surface area (TPSA) is 82.8 Å². The van der Waals surface area contributed by atoms with Crippen LogP contribution in [0, 0.1) is 6.92 Å². The minimum Gasteiger partial charge on any atom is -0.399 e. The molecule has 6 heteroatoms. The van der Waals surface area contributed by atoms with Crippen LogP contribution in [0.25, 0.3) is 23.0 Å². The van der Waals surface area contributed by atoms with Crippen LogP contribution in [-0.2, 0) is 6.54 Å². The van der Waals surface area contributed by atoms with Crippen molar-refractivity contribution in [3.8, 4) is 23.0 Å². The largest absolute Gasteiger partial charge is 0.399 e. The first kappa shape index (κ1) is 12.4. The van der Waals surface area contributed by atoms with Gasteiger partial charge in [0.25, 0.3) is 5.89 Å². The molecule has 0 radical (unpaired) electrons. The summed E-state index contributed by atoms with van der Waals surface area (Å²) in [4.78, 5) is 4.42. The van der Waals surface area contributed by atoms with Gasteiger partial charge in [-0.25, -0.2) is 0 Å². The molecule has 1 aromatic carbocycles. The third-order valence-electron chi connectivity index (χ3n) is 2.99. The van der Waals surface area contributed by atoms with Gasteiger partial charge in [0, 0.05) is 17.8 Å².